The summed E-state index contributed by atoms with van der Waals surface area (Å²) in [5.74, 6) is -0.364. The number of carbonyl (C=O) groups excluding carboxylic acids is 1. The van der Waals surface area contributed by atoms with E-state index in [1.54, 1.807) is 12.3 Å². The topological polar surface area (TPSA) is 63.1 Å². The Labute approximate surface area is 169 Å². The lowest BCUT2D eigenvalue weighted by molar-refractivity contribution is 0.0636. The van der Waals surface area contributed by atoms with Gasteiger partial charge >= 0.3 is 0 Å². The van der Waals surface area contributed by atoms with E-state index < -0.39 is 0 Å². The number of amides is 1. The Morgan fingerprint density at radius 2 is 2.21 bits per heavy atom. The minimum Gasteiger partial charge on any atom is -0.329 e. The van der Waals surface area contributed by atoms with E-state index in [1.807, 2.05) is 28.6 Å². The number of nitrogens with one attached hydrogen (secondary N) is 1. The first kappa shape index (κ1) is 19.5. The second-order valence-corrected chi connectivity index (χ2v) is 7.67. The summed E-state index contributed by atoms with van der Waals surface area (Å²) < 4.78 is 15.7. The molecule has 29 heavy (non-hydrogen) atoms. The van der Waals surface area contributed by atoms with Crippen LogP contribution in [0.5, 0.6) is 0 Å². The zero-order valence-electron chi connectivity index (χ0n) is 17.0. The van der Waals surface area contributed by atoms with Crippen LogP contribution in [0.1, 0.15) is 54.0 Å². The third-order valence-electron chi connectivity index (χ3n) is 5.67. The fourth-order valence-corrected chi connectivity index (χ4v) is 3.93. The molecule has 3 heterocycles. The molecule has 2 atom stereocenters. The summed E-state index contributed by atoms with van der Waals surface area (Å²) in [7, 11) is 0. The number of hydrogen-bond acceptors (Lipinski definition) is 4. The number of fused-ring (bicyclic) bond motifs is 1. The average molecular weight is 395 g/mol. The molecule has 1 aliphatic heterocycles. The van der Waals surface area contributed by atoms with Gasteiger partial charge in [0.05, 0.1) is 29.2 Å². The molecule has 0 bridgehead atoms. The van der Waals surface area contributed by atoms with Crippen molar-refractivity contribution in [1.82, 2.24) is 25.0 Å². The number of halogens is 1. The quantitative estimate of drug-likeness (QED) is 0.733. The van der Waals surface area contributed by atoms with Gasteiger partial charge in [-0.15, -0.1) is 0 Å². The molecule has 2 unspecified atom stereocenters. The summed E-state index contributed by atoms with van der Waals surface area (Å²) in [4.78, 5) is 20.1. The first-order valence-corrected chi connectivity index (χ1v) is 10.1. The molecule has 4 rings (SSSR count). The number of carbonyl (C=O) groups is 1. The Balaban J connectivity index is 1.76. The Morgan fingerprint density at radius 1 is 1.38 bits per heavy atom. The lowest BCUT2D eigenvalue weighted by Gasteiger charge is -2.36. The van der Waals surface area contributed by atoms with Gasteiger partial charge in [-0.1, -0.05) is 19.1 Å². The third kappa shape index (κ3) is 3.62. The van der Waals surface area contributed by atoms with Gasteiger partial charge < -0.3 is 10.2 Å². The number of aryl methyl sites for hydroxylation is 1. The van der Waals surface area contributed by atoms with Crippen molar-refractivity contribution in [3.63, 3.8) is 0 Å². The molecule has 6 nitrogen and oxygen atoms in total. The second-order valence-electron chi connectivity index (χ2n) is 7.67. The molecule has 0 radical (unpaired) electrons. The highest BCUT2D eigenvalue weighted by Crippen LogP contribution is 2.28. The van der Waals surface area contributed by atoms with Crippen molar-refractivity contribution in [2.24, 2.45) is 0 Å². The highest BCUT2D eigenvalue weighted by atomic mass is 19.1. The number of rotatable bonds is 4. The van der Waals surface area contributed by atoms with Gasteiger partial charge in [0, 0.05) is 25.3 Å². The van der Waals surface area contributed by atoms with Crippen LogP contribution in [-0.4, -0.2) is 45.2 Å². The minimum atomic E-state index is -0.294. The molecule has 2 aromatic heterocycles. The number of nitrogens with zero attached hydrogens (tertiary/aromatic N) is 4. The lowest BCUT2D eigenvalue weighted by atomic mass is 10.0. The zero-order valence-corrected chi connectivity index (χ0v) is 17.0. The number of piperazine rings is 1. The van der Waals surface area contributed by atoms with E-state index in [2.05, 4.69) is 29.2 Å². The van der Waals surface area contributed by atoms with Gasteiger partial charge in [0.1, 0.15) is 5.82 Å². The molecule has 1 saturated heterocycles. The number of benzene rings is 1. The molecule has 1 N–H and O–H groups in total. The number of pyridine rings is 1. The molecule has 0 saturated carbocycles. The van der Waals surface area contributed by atoms with Crippen LogP contribution >= 0.6 is 0 Å². The minimum absolute atomic E-state index is 0.0695. The molecule has 1 fully saturated rings. The average Bonchev–Trinajstić information content (AvgIpc) is 3.15. The maximum Gasteiger partial charge on any atom is 0.255 e. The summed E-state index contributed by atoms with van der Waals surface area (Å²) in [6.45, 7) is 7.94. The van der Waals surface area contributed by atoms with Gasteiger partial charge in [-0.25, -0.2) is 14.1 Å². The van der Waals surface area contributed by atoms with Crippen molar-refractivity contribution in [3.05, 3.63) is 59.2 Å². The van der Waals surface area contributed by atoms with Crippen LogP contribution in [0, 0.1) is 12.7 Å². The van der Waals surface area contributed by atoms with Gasteiger partial charge in [0.2, 0.25) is 0 Å². The molecule has 1 amide bonds. The van der Waals surface area contributed by atoms with E-state index in [4.69, 9.17) is 0 Å². The van der Waals surface area contributed by atoms with Gasteiger partial charge in [-0.3, -0.25) is 4.79 Å². The van der Waals surface area contributed by atoms with Crippen LogP contribution in [0.25, 0.3) is 11.0 Å². The normalized spacial score (nSPS) is 18.2. The molecule has 1 aromatic carbocycles. The SMILES string of the molecule is CCC(C)n1ncc2c(C(=O)N3CCNCC3c3cccc(F)c3)cc(C)nc21. The second kappa shape index (κ2) is 7.91. The van der Waals surface area contributed by atoms with E-state index >= 15 is 0 Å². The zero-order chi connectivity index (χ0) is 20.5. The van der Waals surface area contributed by atoms with Crippen molar-refractivity contribution in [2.75, 3.05) is 19.6 Å². The van der Waals surface area contributed by atoms with Crippen molar-refractivity contribution in [3.8, 4) is 0 Å². The van der Waals surface area contributed by atoms with Crippen LogP contribution < -0.4 is 5.32 Å². The molecule has 7 heteroatoms. The smallest absolute Gasteiger partial charge is 0.255 e. The molecule has 152 valence electrons. The molecule has 3 aromatic rings. The van der Waals surface area contributed by atoms with Gasteiger partial charge in [-0.2, -0.15) is 5.10 Å². The van der Waals surface area contributed by atoms with Crippen LogP contribution in [0.2, 0.25) is 0 Å². The predicted octanol–water partition coefficient (Wildman–Crippen LogP) is 3.64. The van der Waals surface area contributed by atoms with Crippen molar-refractivity contribution < 1.29 is 9.18 Å². The fraction of sp³-hybridized carbons (Fsp3) is 0.409. The van der Waals surface area contributed by atoms with Crippen molar-refractivity contribution >= 4 is 16.9 Å². The highest BCUT2D eigenvalue weighted by molar-refractivity contribution is 6.05. The first-order chi connectivity index (χ1) is 14.0. The van der Waals surface area contributed by atoms with Crippen LogP contribution in [0.3, 0.4) is 0 Å². The van der Waals surface area contributed by atoms with E-state index in [9.17, 15) is 9.18 Å². The van der Waals surface area contributed by atoms with Crippen LogP contribution in [-0.2, 0) is 0 Å². The Kier molecular flexibility index (Phi) is 5.32. The Hall–Kier alpha value is -2.80. The van der Waals surface area contributed by atoms with Gasteiger partial charge in [-0.05, 0) is 44.0 Å². The number of hydrogen-bond donors (Lipinski definition) is 1. The predicted molar refractivity (Wildman–Crippen MR) is 110 cm³/mol. The molecule has 0 aliphatic carbocycles. The maximum absolute atomic E-state index is 13.8. The summed E-state index contributed by atoms with van der Waals surface area (Å²) in [6.07, 6.45) is 2.66. The summed E-state index contributed by atoms with van der Waals surface area (Å²) in [5.41, 5.74) is 2.91. The van der Waals surface area contributed by atoms with Gasteiger partial charge in [0.15, 0.2) is 5.65 Å². The van der Waals surface area contributed by atoms with E-state index in [0.29, 0.717) is 25.2 Å². The standard InChI is InChI=1S/C22H26FN5O/c1-4-15(3)28-21-19(12-25-28)18(10-14(2)26-21)22(29)27-9-8-24-13-20(27)16-6-5-7-17(23)11-16/h5-7,10-12,15,20,24H,4,8-9,13H2,1-3H3. The van der Waals surface area contributed by atoms with E-state index in [1.165, 1.54) is 12.1 Å². The maximum atomic E-state index is 13.8. The highest BCUT2D eigenvalue weighted by Gasteiger charge is 2.30. The Morgan fingerprint density at radius 3 is 2.97 bits per heavy atom. The monoisotopic (exact) mass is 395 g/mol. The molecular weight excluding hydrogens is 369 g/mol. The summed E-state index contributed by atoms with van der Waals surface area (Å²) in [5, 5.41) is 8.59. The first-order valence-electron chi connectivity index (χ1n) is 10.1. The molecular formula is C22H26FN5O. The van der Waals surface area contributed by atoms with Crippen LogP contribution in [0.15, 0.2) is 36.5 Å². The van der Waals surface area contributed by atoms with E-state index in [-0.39, 0.29) is 23.8 Å². The van der Waals surface area contributed by atoms with E-state index in [0.717, 1.165) is 28.7 Å². The van der Waals surface area contributed by atoms with Crippen molar-refractivity contribution in [1.29, 1.82) is 0 Å². The summed E-state index contributed by atoms with van der Waals surface area (Å²) >= 11 is 0. The van der Waals surface area contributed by atoms with Crippen LogP contribution in [0.4, 0.5) is 4.39 Å². The van der Waals surface area contributed by atoms with Gasteiger partial charge in [0.25, 0.3) is 5.91 Å². The molecule has 1 aliphatic rings. The van der Waals surface area contributed by atoms with Crippen molar-refractivity contribution in [2.45, 2.75) is 39.3 Å². The third-order valence-corrected chi connectivity index (χ3v) is 5.67. The fourth-order valence-electron chi connectivity index (χ4n) is 3.93. The number of aromatic nitrogens is 3. The Bertz CT molecular complexity index is 1050. The molecule has 0 spiro atoms. The lowest BCUT2D eigenvalue weighted by Crippen LogP contribution is -2.48. The largest absolute Gasteiger partial charge is 0.329 e. The summed E-state index contributed by atoms with van der Waals surface area (Å²) in [6, 6.07) is 8.29.